The van der Waals surface area contributed by atoms with E-state index in [4.69, 9.17) is 9.47 Å². The van der Waals surface area contributed by atoms with E-state index in [0.717, 1.165) is 18.2 Å². The lowest BCUT2D eigenvalue weighted by Gasteiger charge is -2.15. The summed E-state index contributed by atoms with van der Waals surface area (Å²) in [5.41, 5.74) is -0.345. The first-order chi connectivity index (χ1) is 11.6. The van der Waals surface area contributed by atoms with Crippen molar-refractivity contribution in [1.82, 2.24) is 0 Å². The summed E-state index contributed by atoms with van der Waals surface area (Å²) in [6.45, 7) is 1.63. The second-order valence-electron chi connectivity index (χ2n) is 5.15. The van der Waals surface area contributed by atoms with Gasteiger partial charge in [0.1, 0.15) is 0 Å². The Bertz CT molecular complexity index is 879. The van der Waals surface area contributed by atoms with Gasteiger partial charge in [-0.3, -0.25) is 4.72 Å². The summed E-state index contributed by atoms with van der Waals surface area (Å²) in [5.74, 6) is 0.692. The Morgan fingerprint density at radius 1 is 1.00 bits per heavy atom. The number of sulfonamides is 1. The molecule has 0 radical (unpaired) electrons. The van der Waals surface area contributed by atoms with Crippen molar-refractivity contribution in [1.29, 1.82) is 0 Å². The van der Waals surface area contributed by atoms with E-state index in [0.29, 0.717) is 17.4 Å². The first-order valence-corrected chi connectivity index (χ1v) is 8.49. The Morgan fingerprint density at radius 2 is 1.60 bits per heavy atom. The number of benzene rings is 2. The molecule has 0 spiro atoms. The van der Waals surface area contributed by atoms with Crippen LogP contribution in [0.5, 0.6) is 11.5 Å². The summed E-state index contributed by atoms with van der Waals surface area (Å²) in [6, 6.07) is 6.48. The van der Waals surface area contributed by atoms with Crippen LogP contribution in [-0.2, 0) is 16.2 Å². The molecular weight excluding hydrogens is 359 g/mol. The van der Waals surface area contributed by atoms with Crippen LogP contribution in [0.25, 0.3) is 0 Å². The fourth-order valence-electron chi connectivity index (χ4n) is 2.13. The molecule has 9 heteroatoms. The summed E-state index contributed by atoms with van der Waals surface area (Å²) in [5, 5.41) is 0. The molecular formula is C16H16F3NO4S. The van der Waals surface area contributed by atoms with E-state index in [1.165, 1.54) is 20.3 Å². The Labute approximate surface area is 143 Å². The highest BCUT2D eigenvalue weighted by Crippen LogP contribution is 2.35. The van der Waals surface area contributed by atoms with Crippen LogP contribution >= 0.6 is 0 Å². The summed E-state index contributed by atoms with van der Waals surface area (Å²) >= 11 is 0. The lowest BCUT2D eigenvalue weighted by molar-refractivity contribution is -0.137. The van der Waals surface area contributed by atoms with Gasteiger partial charge < -0.3 is 9.47 Å². The monoisotopic (exact) mass is 375 g/mol. The van der Waals surface area contributed by atoms with E-state index in [2.05, 4.69) is 4.72 Å². The van der Waals surface area contributed by atoms with Gasteiger partial charge in [0.05, 0.1) is 30.4 Å². The number of alkyl halides is 3. The maximum atomic E-state index is 12.8. The van der Waals surface area contributed by atoms with Crippen molar-refractivity contribution < 1.29 is 31.1 Å². The van der Waals surface area contributed by atoms with Crippen LogP contribution in [0.1, 0.15) is 11.1 Å². The SMILES string of the molecule is COc1cc(C)c(NS(=O)(=O)c2cccc(C(F)(F)F)c2)cc1OC. The van der Waals surface area contributed by atoms with E-state index in [-0.39, 0.29) is 11.4 Å². The second-order valence-corrected chi connectivity index (χ2v) is 6.84. The van der Waals surface area contributed by atoms with Gasteiger partial charge in [0.2, 0.25) is 0 Å². The van der Waals surface area contributed by atoms with Gasteiger partial charge in [-0.15, -0.1) is 0 Å². The molecule has 0 heterocycles. The maximum Gasteiger partial charge on any atom is 0.416 e. The summed E-state index contributed by atoms with van der Waals surface area (Å²) < 4.78 is 75.7. The molecule has 136 valence electrons. The lowest BCUT2D eigenvalue weighted by atomic mass is 10.2. The molecule has 5 nitrogen and oxygen atoms in total. The first kappa shape index (κ1) is 18.9. The molecule has 0 saturated carbocycles. The minimum atomic E-state index is -4.63. The average Bonchev–Trinajstić information content (AvgIpc) is 2.55. The minimum absolute atomic E-state index is 0.176. The number of hydrogen-bond donors (Lipinski definition) is 1. The molecule has 0 aliphatic heterocycles. The molecule has 25 heavy (non-hydrogen) atoms. The van der Waals surface area contributed by atoms with Gasteiger partial charge in [0.25, 0.3) is 10.0 Å². The fourth-order valence-corrected chi connectivity index (χ4v) is 3.30. The Balaban J connectivity index is 2.43. The number of nitrogens with one attached hydrogen (secondary N) is 1. The largest absolute Gasteiger partial charge is 0.493 e. The number of methoxy groups -OCH3 is 2. The van der Waals surface area contributed by atoms with Crippen LogP contribution in [0.3, 0.4) is 0 Å². The standard InChI is InChI=1S/C16H16F3NO4S/c1-10-7-14(23-2)15(24-3)9-13(10)20-25(21,22)12-6-4-5-11(8-12)16(17,18)19/h4-9,20H,1-3H3. The van der Waals surface area contributed by atoms with Gasteiger partial charge in [-0.25, -0.2) is 8.42 Å². The number of ether oxygens (including phenoxy) is 2. The van der Waals surface area contributed by atoms with Crippen LogP contribution in [0.15, 0.2) is 41.3 Å². The zero-order chi connectivity index (χ0) is 18.8. The van der Waals surface area contributed by atoms with Gasteiger partial charge in [-0.2, -0.15) is 13.2 Å². The van der Waals surface area contributed by atoms with Gasteiger partial charge >= 0.3 is 6.18 Å². The molecule has 1 N–H and O–H groups in total. The molecule has 2 aromatic carbocycles. The highest BCUT2D eigenvalue weighted by atomic mass is 32.2. The third-order valence-corrected chi connectivity index (χ3v) is 4.81. The van der Waals surface area contributed by atoms with Gasteiger partial charge in [-0.1, -0.05) is 6.07 Å². The van der Waals surface area contributed by atoms with E-state index in [9.17, 15) is 21.6 Å². The molecule has 0 saturated heterocycles. The molecule has 2 aromatic rings. The third kappa shape index (κ3) is 4.16. The number of hydrogen-bond acceptors (Lipinski definition) is 4. The van der Waals surface area contributed by atoms with Crippen LogP contribution < -0.4 is 14.2 Å². The van der Waals surface area contributed by atoms with Crippen LogP contribution in [0.2, 0.25) is 0 Å². The van der Waals surface area contributed by atoms with E-state index in [1.54, 1.807) is 13.0 Å². The van der Waals surface area contributed by atoms with Crippen molar-refractivity contribution in [2.45, 2.75) is 18.0 Å². The number of aryl methyl sites for hydroxylation is 1. The molecule has 2 rings (SSSR count). The lowest BCUT2D eigenvalue weighted by Crippen LogP contribution is -2.15. The summed E-state index contributed by atoms with van der Waals surface area (Å²) in [4.78, 5) is -0.489. The van der Waals surface area contributed by atoms with Crippen molar-refractivity contribution in [3.8, 4) is 11.5 Å². The van der Waals surface area contributed by atoms with Gasteiger partial charge in [0, 0.05) is 6.07 Å². The predicted octanol–water partition coefficient (Wildman–Crippen LogP) is 3.83. The normalized spacial score (nSPS) is 11.9. The highest BCUT2D eigenvalue weighted by molar-refractivity contribution is 7.92. The van der Waals surface area contributed by atoms with Gasteiger partial charge in [0.15, 0.2) is 11.5 Å². The number of halogens is 3. The molecule has 0 aliphatic carbocycles. The van der Waals surface area contributed by atoms with E-state index in [1.807, 2.05) is 0 Å². The van der Waals surface area contributed by atoms with Crippen LogP contribution in [-0.4, -0.2) is 22.6 Å². The van der Waals surface area contributed by atoms with Crippen molar-refractivity contribution in [2.24, 2.45) is 0 Å². The topological polar surface area (TPSA) is 64.6 Å². The van der Waals surface area contributed by atoms with E-state index >= 15 is 0 Å². The summed E-state index contributed by atoms with van der Waals surface area (Å²) in [7, 11) is -1.39. The molecule has 0 atom stereocenters. The van der Waals surface area contributed by atoms with Gasteiger partial charge in [-0.05, 0) is 36.8 Å². The van der Waals surface area contributed by atoms with Crippen LogP contribution in [0, 0.1) is 6.92 Å². The Hall–Kier alpha value is -2.42. The van der Waals surface area contributed by atoms with Crippen molar-refractivity contribution >= 4 is 15.7 Å². The smallest absolute Gasteiger partial charge is 0.416 e. The molecule has 0 aliphatic rings. The molecule has 0 amide bonds. The quantitative estimate of drug-likeness (QED) is 0.863. The predicted molar refractivity (Wildman–Crippen MR) is 86.5 cm³/mol. The highest BCUT2D eigenvalue weighted by Gasteiger charge is 2.31. The molecule has 0 fully saturated rings. The fraction of sp³-hybridized carbons (Fsp3) is 0.250. The maximum absolute atomic E-state index is 12.8. The average molecular weight is 375 g/mol. The number of rotatable bonds is 5. The van der Waals surface area contributed by atoms with E-state index < -0.39 is 26.7 Å². The zero-order valence-electron chi connectivity index (χ0n) is 13.6. The third-order valence-electron chi connectivity index (χ3n) is 3.45. The molecule has 0 unspecified atom stereocenters. The Kier molecular flexibility index (Phi) is 5.17. The molecule has 0 aromatic heterocycles. The Morgan fingerprint density at radius 3 is 2.16 bits per heavy atom. The van der Waals surface area contributed by atoms with Crippen LogP contribution in [0.4, 0.5) is 18.9 Å². The van der Waals surface area contributed by atoms with Crippen molar-refractivity contribution in [3.05, 3.63) is 47.5 Å². The molecule has 0 bridgehead atoms. The van der Waals surface area contributed by atoms with Crippen molar-refractivity contribution in [2.75, 3.05) is 18.9 Å². The van der Waals surface area contributed by atoms with Crippen molar-refractivity contribution in [3.63, 3.8) is 0 Å². The minimum Gasteiger partial charge on any atom is -0.493 e. The first-order valence-electron chi connectivity index (χ1n) is 7.01. The number of anilines is 1. The second kappa shape index (κ2) is 6.83. The summed E-state index contributed by atoms with van der Waals surface area (Å²) in [6.07, 6.45) is -4.63. The zero-order valence-corrected chi connectivity index (χ0v) is 14.5.